The van der Waals surface area contributed by atoms with Crippen molar-refractivity contribution in [2.75, 3.05) is 24.7 Å². The maximum Gasteiger partial charge on any atom is 0.350 e. The molecule has 0 unspecified atom stereocenters. The Balaban J connectivity index is 1.86. The molecular weight excluding hydrogens is 789 g/mol. The van der Waals surface area contributed by atoms with E-state index in [9.17, 15) is 14.9 Å². The smallest absolute Gasteiger partial charge is 0.350 e. The molecule has 2 heterocycles. The monoisotopic (exact) mass is 848 g/mol. The van der Waals surface area contributed by atoms with Gasteiger partial charge in [-0.3, -0.25) is 4.79 Å². The lowest BCUT2D eigenvalue weighted by molar-refractivity contribution is -0.139. The van der Waals surface area contributed by atoms with Crippen LogP contribution in [0.2, 0.25) is 0 Å². The highest BCUT2D eigenvalue weighted by atomic mass is 32.2. The molecular formula is C42H60N2O4S6. The van der Waals surface area contributed by atoms with Crippen molar-refractivity contribution in [2.24, 2.45) is 0 Å². The SMILES string of the molecule is [C-]#[N+]C(C(=O)OCC)=C1Sc2c(SCCCCCCCCCCCC)c3c(c(SCCCCCCCCCCCC)c2S1)SC(=C(C#N)C(=O)OCC)S3. The first-order valence-corrected chi connectivity index (χ1v) is 25.5. The highest BCUT2D eigenvalue weighted by Crippen LogP contribution is 2.67. The van der Waals surface area contributed by atoms with Crippen LogP contribution in [-0.2, 0) is 19.1 Å². The minimum Gasteiger partial charge on any atom is -0.471 e. The molecule has 0 aliphatic carbocycles. The molecule has 6 nitrogen and oxygen atoms in total. The van der Waals surface area contributed by atoms with Gasteiger partial charge in [-0.2, -0.15) is 5.26 Å². The molecule has 0 N–H and O–H groups in total. The van der Waals surface area contributed by atoms with Crippen LogP contribution in [-0.4, -0.2) is 36.7 Å². The third kappa shape index (κ3) is 15.2. The summed E-state index contributed by atoms with van der Waals surface area (Å²) in [7, 11) is 0. The average molecular weight is 849 g/mol. The van der Waals surface area contributed by atoms with Crippen LogP contribution in [0.3, 0.4) is 0 Å². The third-order valence-electron chi connectivity index (χ3n) is 9.07. The molecule has 12 heteroatoms. The molecule has 1 aromatic rings. The Hall–Kier alpha value is -1.28. The molecule has 0 saturated carbocycles. The van der Waals surface area contributed by atoms with Crippen LogP contribution >= 0.6 is 70.6 Å². The fourth-order valence-corrected chi connectivity index (χ4v) is 14.8. The molecule has 0 saturated heterocycles. The predicted octanol–water partition coefficient (Wildman–Crippen LogP) is 15.1. The highest BCUT2D eigenvalue weighted by molar-refractivity contribution is 8.26. The Morgan fingerprint density at radius 3 is 1.28 bits per heavy atom. The fourth-order valence-electron chi connectivity index (χ4n) is 6.14. The zero-order valence-electron chi connectivity index (χ0n) is 32.9. The summed E-state index contributed by atoms with van der Waals surface area (Å²) in [5.74, 6) is 0.737. The van der Waals surface area contributed by atoms with E-state index < -0.39 is 11.9 Å². The van der Waals surface area contributed by atoms with Gasteiger partial charge < -0.3 is 9.47 Å². The third-order valence-corrected chi connectivity index (χ3v) is 17.2. The van der Waals surface area contributed by atoms with Crippen LogP contribution in [0.4, 0.5) is 0 Å². The first kappa shape index (κ1) is 47.1. The number of hydrogen-bond donors (Lipinski definition) is 0. The van der Waals surface area contributed by atoms with Crippen molar-refractivity contribution < 1.29 is 19.1 Å². The number of nitrogens with zero attached hydrogens (tertiary/aromatic N) is 2. The van der Waals surface area contributed by atoms with Gasteiger partial charge in [-0.05, 0) is 38.2 Å². The number of rotatable bonds is 28. The molecule has 2 aliphatic heterocycles. The van der Waals surface area contributed by atoms with E-state index in [1.165, 1.54) is 163 Å². The predicted molar refractivity (Wildman–Crippen MR) is 235 cm³/mol. The maximum absolute atomic E-state index is 12.9. The quantitative estimate of drug-likeness (QED) is 0.0202. The van der Waals surface area contributed by atoms with E-state index in [1.54, 1.807) is 13.8 Å². The topological polar surface area (TPSA) is 80.8 Å². The van der Waals surface area contributed by atoms with Gasteiger partial charge in [0.25, 0.3) is 5.70 Å². The number of carbonyl (C=O) groups is 2. The van der Waals surface area contributed by atoms with E-state index >= 15 is 0 Å². The second kappa shape index (κ2) is 28.2. The van der Waals surface area contributed by atoms with Crippen LogP contribution in [0.1, 0.15) is 156 Å². The zero-order chi connectivity index (χ0) is 39.0. The highest BCUT2D eigenvalue weighted by Gasteiger charge is 2.38. The molecule has 0 spiro atoms. The number of fused-ring (bicyclic) bond motifs is 2. The van der Waals surface area contributed by atoms with E-state index in [4.69, 9.17) is 16.0 Å². The summed E-state index contributed by atoms with van der Waals surface area (Å²) in [6.07, 6.45) is 25.6. The Morgan fingerprint density at radius 2 is 0.926 bits per heavy atom. The second-order valence-electron chi connectivity index (χ2n) is 13.4. The first-order valence-electron chi connectivity index (χ1n) is 20.3. The Bertz CT molecular complexity index is 1360. The van der Waals surface area contributed by atoms with Crippen molar-refractivity contribution >= 4 is 82.5 Å². The summed E-state index contributed by atoms with van der Waals surface area (Å²) < 4.78 is 11.9. The number of unbranched alkanes of at least 4 members (excludes halogenated alkanes) is 18. The van der Waals surface area contributed by atoms with Gasteiger partial charge in [0.15, 0.2) is 5.57 Å². The van der Waals surface area contributed by atoms with Gasteiger partial charge >= 0.3 is 11.9 Å². The van der Waals surface area contributed by atoms with Crippen LogP contribution in [0.25, 0.3) is 4.85 Å². The van der Waals surface area contributed by atoms with Crippen LogP contribution in [0.5, 0.6) is 0 Å². The van der Waals surface area contributed by atoms with Crippen molar-refractivity contribution in [2.45, 2.75) is 185 Å². The zero-order valence-corrected chi connectivity index (χ0v) is 37.8. The lowest BCUT2D eigenvalue weighted by atomic mass is 10.1. The summed E-state index contributed by atoms with van der Waals surface area (Å²) in [4.78, 5) is 36.0. The maximum atomic E-state index is 12.9. The minimum atomic E-state index is -0.584. The van der Waals surface area contributed by atoms with Crippen molar-refractivity contribution in [3.63, 3.8) is 0 Å². The van der Waals surface area contributed by atoms with Gasteiger partial charge in [-0.15, -0.1) is 23.5 Å². The van der Waals surface area contributed by atoms with Crippen molar-refractivity contribution in [3.8, 4) is 6.07 Å². The van der Waals surface area contributed by atoms with Crippen molar-refractivity contribution in [1.29, 1.82) is 5.26 Å². The summed E-state index contributed by atoms with van der Waals surface area (Å²) in [5, 5.41) is 10.1. The number of carbonyl (C=O) groups excluding carboxylic acids is 2. The lowest BCUT2D eigenvalue weighted by Gasteiger charge is -2.16. The van der Waals surface area contributed by atoms with Gasteiger partial charge in [0, 0.05) is 29.4 Å². The number of nitriles is 1. The second-order valence-corrected chi connectivity index (χ2v) is 20.2. The lowest BCUT2D eigenvalue weighted by Crippen LogP contribution is -2.07. The molecule has 0 atom stereocenters. The molecule has 298 valence electrons. The molecule has 0 bridgehead atoms. The van der Waals surface area contributed by atoms with Gasteiger partial charge in [0.1, 0.15) is 6.07 Å². The molecule has 0 amide bonds. The number of benzene rings is 1. The summed E-state index contributed by atoms with van der Waals surface area (Å²) in [6.45, 7) is 16.3. The molecule has 0 fully saturated rings. The molecule has 54 heavy (non-hydrogen) atoms. The van der Waals surface area contributed by atoms with E-state index in [0.29, 0.717) is 8.47 Å². The Kier molecular flexibility index (Phi) is 24.6. The number of ether oxygens (including phenoxy) is 2. The average Bonchev–Trinajstić information content (AvgIpc) is 3.79. The van der Waals surface area contributed by atoms with Crippen molar-refractivity contribution in [3.05, 3.63) is 31.2 Å². The molecule has 2 aliphatic rings. The molecule has 0 aromatic heterocycles. The first-order chi connectivity index (χ1) is 26.4. The summed E-state index contributed by atoms with van der Waals surface area (Å²) >= 11 is 9.65. The fraction of sp³-hybridized carbons (Fsp3) is 0.667. The Morgan fingerprint density at radius 1 is 0.574 bits per heavy atom. The van der Waals surface area contributed by atoms with Crippen molar-refractivity contribution in [1.82, 2.24) is 0 Å². The molecule has 0 radical (unpaired) electrons. The molecule has 1 aromatic carbocycles. The minimum absolute atomic E-state index is 0.0365. The number of hydrogen-bond acceptors (Lipinski definition) is 11. The summed E-state index contributed by atoms with van der Waals surface area (Å²) in [5.41, 5.74) is 0.0902. The van der Waals surface area contributed by atoms with Gasteiger partial charge in [0.2, 0.25) is 0 Å². The van der Waals surface area contributed by atoms with Crippen LogP contribution in [0.15, 0.2) is 49.1 Å². The van der Waals surface area contributed by atoms with Crippen LogP contribution in [0, 0.1) is 17.9 Å². The van der Waals surface area contributed by atoms with E-state index in [0.717, 1.165) is 53.7 Å². The number of thioether (sulfide) groups is 6. The van der Waals surface area contributed by atoms with Gasteiger partial charge in [-0.25, -0.2) is 9.64 Å². The number of esters is 2. The molecule has 3 rings (SSSR count). The van der Waals surface area contributed by atoms with Gasteiger partial charge in [-0.1, -0.05) is 176 Å². The van der Waals surface area contributed by atoms with Crippen LogP contribution < -0.4 is 0 Å². The normalized spacial score (nSPS) is 13.0. The van der Waals surface area contributed by atoms with E-state index in [2.05, 4.69) is 24.8 Å². The van der Waals surface area contributed by atoms with E-state index in [-0.39, 0.29) is 24.5 Å². The summed E-state index contributed by atoms with van der Waals surface area (Å²) in [6, 6.07) is 2.14. The van der Waals surface area contributed by atoms with Gasteiger partial charge in [0.05, 0.1) is 28.3 Å². The standard InChI is InChI=1S/C42H60N2O4S6/c1-6-10-12-14-16-18-20-22-24-26-28-49-33-35-36(52-41(51-35)31(30-43)39(45)47-8-3)34(50-29-27-25-23-21-19-17-15-13-11-7-2)38-37(33)53-42(54-38)32(44-5)40(46)48-9-4/h6-29H2,1-4H3. The van der Waals surface area contributed by atoms with E-state index in [1.807, 2.05) is 23.5 Å². The largest absolute Gasteiger partial charge is 0.471 e. The Labute approximate surface area is 351 Å².